The smallest absolute Gasteiger partial charge is 0.326 e. The molecule has 1 N–H and O–H groups in total. The molecule has 0 bridgehead atoms. The van der Waals surface area contributed by atoms with Crippen LogP contribution in [0.1, 0.15) is 12.0 Å². The molecule has 1 aromatic carbocycles. The van der Waals surface area contributed by atoms with Crippen molar-refractivity contribution in [2.45, 2.75) is 18.9 Å². The lowest BCUT2D eigenvalue weighted by atomic mass is 10.0. The summed E-state index contributed by atoms with van der Waals surface area (Å²) in [6.45, 7) is 4.02. The van der Waals surface area contributed by atoms with Crippen LogP contribution >= 0.6 is 0 Å². The number of nitrogens with zero attached hydrogens (tertiary/aromatic N) is 1. The standard InChI is InChI=1S/C15H16FNO3/c1-2-10-8-14(18)17(9-10)13(15(19)20)7-11-3-5-12(16)6-4-11/h2-6,10,13H,1,7-9H2,(H,19,20)/t10?,13-/m0/s1. The minimum atomic E-state index is -1.05. The Labute approximate surface area is 116 Å². The molecule has 0 spiro atoms. The van der Waals surface area contributed by atoms with Crippen LogP contribution in [0.15, 0.2) is 36.9 Å². The Kier molecular flexibility index (Phi) is 4.17. The lowest BCUT2D eigenvalue weighted by Gasteiger charge is -2.24. The van der Waals surface area contributed by atoms with Gasteiger partial charge in [-0.05, 0) is 17.7 Å². The number of aliphatic carboxylic acids is 1. The van der Waals surface area contributed by atoms with E-state index < -0.39 is 12.0 Å². The maximum Gasteiger partial charge on any atom is 0.326 e. The van der Waals surface area contributed by atoms with Crippen LogP contribution in [0.25, 0.3) is 0 Å². The van der Waals surface area contributed by atoms with E-state index >= 15 is 0 Å². The highest BCUT2D eigenvalue weighted by molar-refractivity contribution is 5.85. The molecule has 0 radical (unpaired) electrons. The molecule has 5 heteroatoms. The molecule has 1 fully saturated rings. The maximum atomic E-state index is 12.9. The van der Waals surface area contributed by atoms with E-state index in [9.17, 15) is 19.1 Å². The molecule has 1 aromatic rings. The molecule has 1 aliphatic heterocycles. The normalized spacial score (nSPS) is 19.9. The van der Waals surface area contributed by atoms with Crippen molar-refractivity contribution in [3.63, 3.8) is 0 Å². The first-order valence-electron chi connectivity index (χ1n) is 6.40. The van der Waals surface area contributed by atoms with Gasteiger partial charge in [0, 0.05) is 25.3 Å². The molecule has 20 heavy (non-hydrogen) atoms. The molecule has 0 aromatic heterocycles. The van der Waals surface area contributed by atoms with Crippen molar-refractivity contribution >= 4 is 11.9 Å². The quantitative estimate of drug-likeness (QED) is 0.836. The van der Waals surface area contributed by atoms with Crippen molar-refractivity contribution in [1.82, 2.24) is 4.90 Å². The second kappa shape index (κ2) is 5.86. The van der Waals surface area contributed by atoms with Gasteiger partial charge in [-0.15, -0.1) is 6.58 Å². The van der Waals surface area contributed by atoms with Gasteiger partial charge in [0.2, 0.25) is 5.91 Å². The maximum absolute atomic E-state index is 12.9. The average Bonchev–Trinajstić information content (AvgIpc) is 2.79. The Morgan fingerprint density at radius 3 is 2.65 bits per heavy atom. The van der Waals surface area contributed by atoms with E-state index in [0.717, 1.165) is 0 Å². The number of rotatable bonds is 5. The molecule has 1 unspecified atom stereocenters. The third-order valence-corrected chi connectivity index (χ3v) is 3.53. The first-order valence-corrected chi connectivity index (χ1v) is 6.40. The van der Waals surface area contributed by atoms with E-state index in [2.05, 4.69) is 6.58 Å². The number of benzene rings is 1. The van der Waals surface area contributed by atoms with Crippen LogP contribution in [0.4, 0.5) is 4.39 Å². The Balaban J connectivity index is 2.15. The molecular formula is C15H16FNO3. The SMILES string of the molecule is C=CC1CC(=O)N([C@@H](Cc2ccc(F)cc2)C(=O)O)C1. The van der Waals surface area contributed by atoms with Gasteiger partial charge in [-0.3, -0.25) is 4.79 Å². The second-order valence-electron chi connectivity index (χ2n) is 4.93. The number of carbonyl (C=O) groups is 2. The van der Waals surface area contributed by atoms with Gasteiger partial charge in [0.1, 0.15) is 11.9 Å². The summed E-state index contributed by atoms with van der Waals surface area (Å²) in [7, 11) is 0. The Morgan fingerprint density at radius 2 is 2.15 bits per heavy atom. The van der Waals surface area contributed by atoms with Gasteiger partial charge in [-0.2, -0.15) is 0 Å². The fourth-order valence-electron chi connectivity index (χ4n) is 2.39. The van der Waals surface area contributed by atoms with Gasteiger partial charge < -0.3 is 10.0 Å². The highest BCUT2D eigenvalue weighted by atomic mass is 19.1. The Morgan fingerprint density at radius 1 is 1.50 bits per heavy atom. The van der Waals surface area contributed by atoms with Crippen molar-refractivity contribution in [3.8, 4) is 0 Å². The molecule has 0 saturated carbocycles. The molecule has 2 atom stereocenters. The van der Waals surface area contributed by atoms with Crippen molar-refractivity contribution < 1.29 is 19.1 Å². The highest BCUT2D eigenvalue weighted by Gasteiger charge is 2.36. The minimum Gasteiger partial charge on any atom is -0.480 e. The average molecular weight is 277 g/mol. The van der Waals surface area contributed by atoms with Gasteiger partial charge >= 0.3 is 5.97 Å². The molecule has 0 aliphatic carbocycles. The number of carbonyl (C=O) groups excluding carboxylic acids is 1. The molecule has 1 aliphatic rings. The number of likely N-dealkylation sites (tertiary alicyclic amines) is 1. The lowest BCUT2D eigenvalue weighted by molar-refractivity contribution is -0.148. The summed E-state index contributed by atoms with van der Waals surface area (Å²) in [6, 6.07) is 4.73. The predicted octanol–water partition coefficient (Wildman–Crippen LogP) is 1.86. The van der Waals surface area contributed by atoms with Crippen molar-refractivity contribution in [2.75, 3.05) is 6.54 Å². The van der Waals surface area contributed by atoms with Crippen LogP contribution in [0.3, 0.4) is 0 Å². The zero-order valence-electron chi connectivity index (χ0n) is 11.0. The number of carboxylic acid groups (broad SMARTS) is 1. The summed E-state index contributed by atoms with van der Waals surface area (Å²) >= 11 is 0. The van der Waals surface area contributed by atoms with Gasteiger partial charge in [0.15, 0.2) is 0 Å². The van der Waals surface area contributed by atoms with Gasteiger partial charge in [0.25, 0.3) is 0 Å². The third kappa shape index (κ3) is 3.04. The summed E-state index contributed by atoms with van der Waals surface area (Å²) < 4.78 is 12.9. The minimum absolute atomic E-state index is 0.00225. The van der Waals surface area contributed by atoms with Crippen molar-refractivity contribution in [1.29, 1.82) is 0 Å². The van der Waals surface area contributed by atoms with E-state index in [-0.39, 0.29) is 24.1 Å². The molecule has 1 amide bonds. The Hall–Kier alpha value is -2.17. The number of carboxylic acids is 1. The number of hydrogen-bond donors (Lipinski definition) is 1. The number of hydrogen-bond acceptors (Lipinski definition) is 2. The molecule has 2 rings (SSSR count). The fraction of sp³-hybridized carbons (Fsp3) is 0.333. The monoisotopic (exact) mass is 277 g/mol. The summed E-state index contributed by atoms with van der Waals surface area (Å²) in [5, 5.41) is 9.33. The molecule has 1 heterocycles. The van der Waals surface area contributed by atoms with Crippen LogP contribution < -0.4 is 0 Å². The molecule has 106 valence electrons. The Bertz CT molecular complexity index is 526. The number of amides is 1. The third-order valence-electron chi connectivity index (χ3n) is 3.53. The first-order chi connectivity index (χ1) is 9.51. The largest absolute Gasteiger partial charge is 0.480 e. The van der Waals surface area contributed by atoms with Gasteiger partial charge in [-0.1, -0.05) is 18.2 Å². The highest BCUT2D eigenvalue weighted by Crippen LogP contribution is 2.23. The fourth-order valence-corrected chi connectivity index (χ4v) is 2.39. The van der Waals surface area contributed by atoms with Gasteiger partial charge in [0.05, 0.1) is 0 Å². The van der Waals surface area contributed by atoms with Crippen LogP contribution in [0, 0.1) is 11.7 Å². The van der Waals surface area contributed by atoms with Gasteiger partial charge in [-0.25, -0.2) is 9.18 Å². The summed E-state index contributed by atoms with van der Waals surface area (Å²) in [4.78, 5) is 24.7. The van der Waals surface area contributed by atoms with E-state index in [0.29, 0.717) is 18.5 Å². The summed E-state index contributed by atoms with van der Waals surface area (Å²) in [6.07, 6.45) is 2.15. The van der Waals surface area contributed by atoms with E-state index in [1.807, 2.05) is 0 Å². The lowest BCUT2D eigenvalue weighted by Crippen LogP contribution is -2.43. The molecule has 4 nitrogen and oxygen atoms in total. The van der Waals surface area contributed by atoms with Crippen LogP contribution in [0.2, 0.25) is 0 Å². The van der Waals surface area contributed by atoms with E-state index in [4.69, 9.17) is 0 Å². The molecule has 1 saturated heterocycles. The topological polar surface area (TPSA) is 57.6 Å². The van der Waals surface area contributed by atoms with Crippen molar-refractivity contribution in [2.24, 2.45) is 5.92 Å². The predicted molar refractivity (Wildman–Crippen MR) is 71.5 cm³/mol. The molecular weight excluding hydrogens is 261 g/mol. The summed E-state index contributed by atoms with van der Waals surface area (Å²) in [5.41, 5.74) is 0.689. The van der Waals surface area contributed by atoms with Crippen molar-refractivity contribution in [3.05, 3.63) is 48.3 Å². The zero-order chi connectivity index (χ0) is 14.7. The first kappa shape index (κ1) is 14.2. The van der Waals surface area contributed by atoms with Crippen LogP contribution in [0.5, 0.6) is 0 Å². The number of halogens is 1. The van der Waals surface area contributed by atoms with Crippen LogP contribution in [-0.2, 0) is 16.0 Å². The van der Waals surface area contributed by atoms with Crippen LogP contribution in [-0.4, -0.2) is 34.5 Å². The van der Waals surface area contributed by atoms with E-state index in [1.54, 1.807) is 6.08 Å². The van der Waals surface area contributed by atoms with E-state index in [1.165, 1.54) is 29.2 Å². The summed E-state index contributed by atoms with van der Waals surface area (Å²) in [5.74, 6) is -1.60. The second-order valence-corrected chi connectivity index (χ2v) is 4.93. The zero-order valence-corrected chi connectivity index (χ0v) is 11.0.